The van der Waals surface area contributed by atoms with Crippen molar-refractivity contribution in [3.05, 3.63) is 77.1 Å². The van der Waals surface area contributed by atoms with Crippen LogP contribution in [-0.2, 0) is 0 Å². The minimum absolute atomic E-state index is 0.193. The Morgan fingerprint density at radius 3 is 2.76 bits per heavy atom. The summed E-state index contributed by atoms with van der Waals surface area (Å²) in [5.41, 5.74) is 3.45. The molecule has 5 aromatic rings. The van der Waals surface area contributed by atoms with Gasteiger partial charge in [-0.25, -0.2) is 8.91 Å². The molecule has 0 atom stereocenters. The van der Waals surface area contributed by atoms with Gasteiger partial charge in [-0.2, -0.15) is 4.98 Å². The highest BCUT2D eigenvalue weighted by Crippen LogP contribution is 2.26. The molecule has 0 aliphatic heterocycles. The van der Waals surface area contributed by atoms with Gasteiger partial charge in [-0.3, -0.25) is 15.1 Å². The molecular weight excluding hydrogens is 389 g/mol. The molecule has 0 aliphatic rings. The molecule has 3 aromatic heterocycles. The maximum atomic E-state index is 13.7. The van der Waals surface area contributed by atoms with Crippen molar-refractivity contribution in [1.29, 1.82) is 0 Å². The fraction of sp³-hybridized carbons (Fsp3) is 0.0476. The first-order valence-corrected chi connectivity index (χ1v) is 9.74. The molecule has 0 saturated carbocycles. The van der Waals surface area contributed by atoms with E-state index < -0.39 is 11.7 Å². The normalized spacial score (nSPS) is 11.2. The second-order valence-electron chi connectivity index (χ2n) is 6.54. The van der Waals surface area contributed by atoms with E-state index in [1.807, 2.05) is 35.7 Å². The maximum Gasteiger partial charge on any atom is 0.258 e. The zero-order valence-electron chi connectivity index (χ0n) is 15.3. The molecule has 1 amide bonds. The number of aryl methyl sites for hydroxylation is 1. The monoisotopic (exact) mass is 403 g/mol. The Hall–Kier alpha value is -3.65. The van der Waals surface area contributed by atoms with Crippen molar-refractivity contribution in [2.24, 2.45) is 0 Å². The van der Waals surface area contributed by atoms with Crippen LogP contribution in [0.25, 0.3) is 27.1 Å². The molecule has 1 N–H and O–H groups in total. The van der Waals surface area contributed by atoms with Gasteiger partial charge in [-0.05, 0) is 31.2 Å². The number of pyridine rings is 1. The summed E-state index contributed by atoms with van der Waals surface area (Å²) < 4.78 is 15.4. The summed E-state index contributed by atoms with van der Waals surface area (Å²) in [6.07, 6.45) is 0. The van der Waals surface area contributed by atoms with Crippen molar-refractivity contribution in [3.63, 3.8) is 0 Å². The van der Waals surface area contributed by atoms with Crippen molar-refractivity contribution in [3.8, 4) is 11.3 Å². The first-order valence-electron chi connectivity index (χ1n) is 8.86. The smallest absolute Gasteiger partial charge is 0.258 e. The highest BCUT2D eigenvalue weighted by molar-refractivity contribution is 7.15. The molecule has 6 nitrogen and oxygen atoms in total. The van der Waals surface area contributed by atoms with Gasteiger partial charge >= 0.3 is 0 Å². The standard InChI is InChI=1S/C21H14FN5OS/c1-12-9-16(15-10-14(22)7-8-17(15)23-12)19(28)24-20-25-21-27(26-20)18(11-29-21)13-5-3-2-4-6-13/h2-11H,1H3,(H,24,26,28). The van der Waals surface area contributed by atoms with Crippen LogP contribution in [0.15, 0.2) is 60.0 Å². The first-order chi connectivity index (χ1) is 14.1. The number of aromatic nitrogens is 4. The number of rotatable bonds is 3. The van der Waals surface area contributed by atoms with Crippen LogP contribution >= 0.6 is 11.3 Å². The van der Waals surface area contributed by atoms with Crippen molar-refractivity contribution >= 4 is 39.1 Å². The number of hydrogen-bond donors (Lipinski definition) is 1. The lowest BCUT2D eigenvalue weighted by Crippen LogP contribution is -2.14. The van der Waals surface area contributed by atoms with Crippen LogP contribution < -0.4 is 5.32 Å². The van der Waals surface area contributed by atoms with Crippen LogP contribution in [0.1, 0.15) is 16.1 Å². The second-order valence-corrected chi connectivity index (χ2v) is 7.38. The Morgan fingerprint density at radius 1 is 1.10 bits per heavy atom. The molecular formula is C21H14FN5OS. The largest absolute Gasteiger partial charge is 0.289 e. The van der Waals surface area contributed by atoms with E-state index in [1.54, 1.807) is 23.6 Å². The Morgan fingerprint density at radius 2 is 1.93 bits per heavy atom. The fourth-order valence-electron chi connectivity index (χ4n) is 3.23. The molecule has 8 heteroatoms. The molecule has 142 valence electrons. The third kappa shape index (κ3) is 3.13. The molecule has 3 heterocycles. The predicted octanol–water partition coefficient (Wildman–Crippen LogP) is 4.71. The summed E-state index contributed by atoms with van der Waals surface area (Å²) >= 11 is 1.44. The second kappa shape index (κ2) is 6.75. The lowest BCUT2D eigenvalue weighted by Gasteiger charge is -2.07. The molecule has 0 fully saturated rings. The topological polar surface area (TPSA) is 72.2 Å². The summed E-state index contributed by atoms with van der Waals surface area (Å²) in [4.78, 5) is 22.3. The molecule has 0 spiro atoms. The Labute approximate surface area is 168 Å². The van der Waals surface area contributed by atoms with E-state index >= 15 is 0 Å². The number of thiazole rings is 1. The van der Waals surface area contributed by atoms with Gasteiger partial charge in [0.2, 0.25) is 4.96 Å². The number of hydrogen-bond acceptors (Lipinski definition) is 5. The number of fused-ring (bicyclic) bond motifs is 2. The SMILES string of the molecule is Cc1cc(C(=O)Nc2nc3scc(-c4ccccc4)n3n2)c2cc(F)ccc2n1. The molecule has 0 saturated heterocycles. The van der Waals surface area contributed by atoms with Crippen molar-refractivity contribution < 1.29 is 9.18 Å². The zero-order chi connectivity index (χ0) is 20.0. The molecule has 0 bridgehead atoms. The van der Waals surface area contributed by atoms with Gasteiger partial charge in [-0.15, -0.1) is 16.4 Å². The van der Waals surface area contributed by atoms with Crippen LogP contribution in [0.4, 0.5) is 10.3 Å². The average molecular weight is 403 g/mol. The minimum atomic E-state index is -0.426. The van der Waals surface area contributed by atoms with Crippen LogP contribution in [0, 0.1) is 12.7 Å². The summed E-state index contributed by atoms with van der Waals surface area (Å²) in [7, 11) is 0. The van der Waals surface area contributed by atoms with Gasteiger partial charge in [0.25, 0.3) is 11.9 Å². The molecule has 5 rings (SSSR count). The van der Waals surface area contributed by atoms with E-state index in [-0.39, 0.29) is 5.95 Å². The Kier molecular flexibility index (Phi) is 4.06. The van der Waals surface area contributed by atoms with E-state index in [0.717, 1.165) is 11.3 Å². The molecule has 0 radical (unpaired) electrons. The average Bonchev–Trinajstić information content (AvgIpc) is 3.28. The van der Waals surface area contributed by atoms with Gasteiger partial charge in [0.15, 0.2) is 0 Å². The van der Waals surface area contributed by atoms with E-state index in [9.17, 15) is 9.18 Å². The van der Waals surface area contributed by atoms with Gasteiger partial charge in [-0.1, -0.05) is 30.3 Å². The number of carbonyl (C=O) groups excluding carboxylic acids is 1. The van der Waals surface area contributed by atoms with Gasteiger partial charge < -0.3 is 0 Å². The Balaban J connectivity index is 1.52. The van der Waals surface area contributed by atoms with E-state index in [0.29, 0.717) is 27.1 Å². The van der Waals surface area contributed by atoms with E-state index in [1.165, 1.54) is 23.5 Å². The number of benzene rings is 2. The van der Waals surface area contributed by atoms with E-state index in [4.69, 9.17) is 0 Å². The third-order valence-corrected chi connectivity index (χ3v) is 5.34. The summed E-state index contributed by atoms with van der Waals surface area (Å²) in [6, 6.07) is 15.7. The molecule has 0 aliphatic carbocycles. The van der Waals surface area contributed by atoms with Crippen LogP contribution in [0.5, 0.6) is 0 Å². The Bertz CT molecular complexity index is 1380. The third-order valence-electron chi connectivity index (χ3n) is 4.52. The molecule has 2 aromatic carbocycles. The molecule has 0 unspecified atom stereocenters. The number of halogens is 1. The van der Waals surface area contributed by atoms with Crippen LogP contribution in [-0.4, -0.2) is 25.5 Å². The van der Waals surface area contributed by atoms with E-state index in [2.05, 4.69) is 20.4 Å². The first kappa shape index (κ1) is 17.4. The number of carbonyl (C=O) groups is 1. The molecule has 29 heavy (non-hydrogen) atoms. The van der Waals surface area contributed by atoms with Gasteiger partial charge in [0.05, 0.1) is 16.8 Å². The van der Waals surface area contributed by atoms with Crippen LogP contribution in [0.2, 0.25) is 0 Å². The minimum Gasteiger partial charge on any atom is -0.289 e. The quantitative estimate of drug-likeness (QED) is 0.474. The lowest BCUT2D eigenvalue weighted by atomic mass is 10.1. The van der Waals surface area contributed by atoms with Crippen molar-refractivity contribution in [1.82, 2.24) is 19.6 Å². The summed E-state index contributed by atoms with van der Waals surface area (Å²) in [5.74, 6) is -0.644. The maximum absolute atomic E-state index is 13.7. The summed E-state index contributed by atoms with van der Waals surface area (Å²) in [5, 5.41) is 9.57. The highest BCUT2D eigenvalue weighted by atomic mass is 32.1. The predicted molar refractivity (Wildman–Crippen MR) is 111 cm³/mol. The van der Waals surface area contributed by atoms with Gasteiger partial charge in [0, 0.05) is 22.0 Å². The lowest BCUT2D eigenvalue weighted by molar-refractivity contribution is 0.102. The van der Waals surface area contributed by atoms with Crippen LogP contribution in [0.3, 0.4) is 0 Å². The van der Waals surface area contributed by atoms with Crippen molar-refractivity contribution in [2.75, 3.05) is 5.32 Å². The number of nitrogens with zero attached hydrogens (tertiary/aromatic N) is 4. The zero-order valence-corrected chi connectivity index (χ0v) is 16.1. The fourth-order valence-corrected chi connectivity index (χ4v) is 4.06. The van der Waals surface area contributed by atoms with Crippen molar-refractivity contribution in [2.45, 2.75) is 6.92 Å². The van der Waals surface area contributed by atoms with Gasteiger partial charge in [0.1, 0.15) is 5.82 Å². The number of amides is 1. The highest BCUT2D eigenvalue weighted by Gasteiger charge is 2.17. The summed E-state index contributed by atoms with van der Waals surface area (Å²) in [6.45, 7) is 1.79. The number of nitrogens with one attached hydrogen (secondary N) is 1. The number of anilines is 1.